The summed E-state index contributed by atoms with van der Waals surface area (Å²) in [6.07, 6.45) is 5.20. The highest BCUT2D eigenvalue weighted by Gasteiger charge is 2.13. The summed E-state index contributed by atoms with van der Waals surface area (Å²) in [5.74, 6) is 0.222. The van der Waals surface area contributed by atoms with Gasteiger partial charge in [-0.25, -0.2) is 4.98 Å². The molecule has 38 heavy (non-hydrogen) atoms. The Hall–Kier alpha value is -4.82. The molecule has 0 fully saturated rings. The molecular formula is C30H27N7O. The van der Waals surface area contributed by atoms with E-state index in [2.05, 4.69) is 30.2 Å². The fourth-order valence-corrected chi connectivity index (χ4v) is 4.06. The molecule has 5 aromatic rings. The maximum absolute atomic E-state index is 13.1. The van der Waals surface area contributed by atoms with Crippen molar-refractivity contribution in [2.45, 2.75) is 26.6 Å². The monoisotopic (exact) mass is 501 g/mol. The van der Waals surface area contributed by atoms with E-state index in [1.165, 1.54) is 0 Å². The molecule has 0 atom stereocenters. The van der Waals surface area contributed by atoms with Gasteiger partial charge in [0.05, 0.1) is 28.5 Å². The van der Waals surface area contributed by atoms with Gasteiger partial charge in [-0.05, 0) is 67.6 Å². The van der Waals surface area contributed by atoms with Gasteiger partial charge in [-0.15, -0.1) is 0 Å². The fraction of sp³-hybridized carbons (Fsp3) is 0.133. The molecule has 0 bridgehead atoms. The van der Waals surface area contributed by atoms with Crippen molar-refractivity contribution >= 4 is 11.7 Å². The number of rotatable bonds is 9. The summed E-state index contributed by atoms with van der Waals surface area (Å²) in [5.41, 5.74) is 5.49. The Balaban J connectivity index is 1.31. The van der Waals surface area contributed by atoms with Crippen LogP contribution in [0.3, 0.4) is 0 Å². The van der Waals surface area contributed by atoms with Crippen LogP contribution in [0.15, 0.2) is 104 Å². The van der Waals surface area contributed by atoms with Gasteiger partial charge in [0.15, 0.2) is 0 Å². The van der Waals surface area contributed by atoms with Crippen molar-refractivity contribution in [3.05, 3.63) is 132 Å². The Morgan fingerprint density at radius 3 is 2.05 bits per heavy atom. The molecule has 1 amide bonds. The van der Waals surface area contributed by atoms with Crippen molar-refractivity contribution in [2.24, 2.45) is 0 Å². The molecule has 5 rings (SSSR count). The standard InChI is InChI=1S/C30H27N7O/c1-22-8-6-12-27(34-22)28-18-23(14-17-33-28)30(38)36-29-13-7-11-26(35-29)21-37(19-24-9-2-4-15-31-24)20-25-10-3-5-16-32-25/h2-18H,19-21H2,1H3,(H,35,36,38). The molecule has 0 aromatic carbocycles. The van der Waals surface area contributed by atoms with E-state index in [0.29, 0.717) is 36.7 Å². The molecule has 0 radical (unpaired) electrons. The minimum Gasteiger partial charge on any atom is -0.307 e. The van der Waals surface area contributed by atoms with Gasteiger partial charge in [0, 0.05) is 49.5 Å². The molecule has 188 valence electrons. The molecular weight excluding hydrogens is 474 g/mol. The van der Waals surface area contributed by atoms with Crippen molar-refractivity contribution < 1.29 is 4.79 Å². The molecule has 0 spiro atoms. The van der Waals surface area contributed by atoms with Crippen LogP contribution >= 0.6 is 0 Å². The van der Waals surface area contributed by atoms with Gasteiger partial charge >= 0.3 is 0 Å². The number of hydrogen-bond acceptors (Lipinski definition) is 7. The fourth-order valence-electron chi connectivity index (χ4n) is 4.06. The van der Waals surface area contributed by atoms with Gasteiger partial charge in [-0.2, -0.15) is 0 Å². The highest BCUT2D eigenvalue weighted by molar-refractivity contribution is 6.04. The number of carbonyl (C=O) groups excluding carboxylic acids is 1. The van der Waals surface area contributed by atoms with E-state index in [0.717, 1.165) is 28.5 Å². The molecule has 0 saturated heterocycles. The van der Waals surface area contributed by atoms with E-state index in [9.17, 15) is 4.79 Å². The number of hydrogen-bond donors (Lipinski definition) is 1. The van der Waals surface area contributed by atoms with Crippen LogP contribution in [0.2, 0.25) is 0 Å². The summed E-state index contributed by atoms with van der Waals surface area (Å²) in [7, 11) is 0. The second kappa shape index (κ2) is 11.9. The van der Waals surface area contributed by atoms with E-state index in [1.54, 1.807) is 36.8 Å². The topological polar surface area (TPSA) is 96.8 Å². The Morgan fingerprint density at radius 1 is 0.684 bits per heavy atom. The third-order valence-electron chi connectivity index (χ3n) is 5.83. The molecule has 5 heterocycles. The van der Waals surface area contributed by atoms with E-state index in [1.807, 2.05) is 73.7 Å². The first kappa shape index (κ1) is 24.9. The third kappa shape index (κ3) is 6.68. The molecule has 0 aliphatic carbocycles. The molecule has 8 heteroatoms. The number of nitrogens with one attached hydrogen (secondary N) is 1. The summed E-state index contributed by atoms with van der Waals surface area (Å²) >= 11 is 0. The Labute approximate surface area is 221 Å². The zero-order valence-electron chi connectivity index (χ0n) is 21.0. The van der Waals surface area contributed by atoms with Gasteiger partial charge in [-0.3, -0.25) is 29.6 Å². The van der Waals surface area contributed by atoms with Gasteiger partial charge in [0.2, 0.25) is 0 Å². The maximum atomic E-state index is 13.1. The smallest absolute Gasteiger partial charge is 0.256 e. The third-order valence-corrected chi connectivity index (χ3v) is 5.83. The number of pyridine rings is 5. The van der Waals surface area contributed by atoms with E-state index in [-0.39, 0.29) is 5.91 Å². The normalized spacial score (nSPS) is 10.9. The zero-order valence-corrected chi connectivity index (χ0v) is 21.0. The van der Waals surface area contributed by atoms with Crippen LogP contribution in [0.4, 0.5) is 5.82 Å². The SMILES string of the molecule is Cc1cccc(-c2cc(C(=O)Nc3cccc(CN(Cc4ccccn4)Cc4ccccn4)n3)ccn2)n1. The Kier molecular flexibility index (Phi) is 7.81. The lowest BCUT2D eigenvalue weighted by Gasteiger charge is -2.21. The first-order valence-electron chi connectivity index (χ1n) is 12.3. The lowest BCUT2D eigenvalue weighted by Crippen LogP contribution is -2.24. The summed E-state index contributed by atoms with van der Waals surface area (Å²) in [4.78, 5) is 37.8. The largest absolute Gasteiger partial charge is 0.307 e. The second-order valence-electron chi connectivity index (χ2n) is 8.85. The molecule has 5 aromatic heterocycles. The number of aromatic nitrogens is 5. The summed E-state index contributed by atoms with van der Waals surface area (Å²) in [6, 6.07) is 26.6. The number of anilines is 1. The summed E-state index contributed by atoms with van der Waals surface area (Å²) in [5, 5.41) is 2.92. The molecule has 0 unspecified atom stereocenters. The number of amides is 1. The minimum absolute atomic E-state index is 0.259. The van der Waals surface area contributed by atoms with Gasteiger partial charge in [0.25, 0.3) is 5.91 Å². The number of aryl methyl sites for hydroxylation is 1. The first-order chi connectivity index (χ1) is 18.6. The highest BCUT2D eigenvalue weighted by Crippen LogP contribution is 2.18. The lowest BCUT2D eigenvalue weighted by molar-refractivity contribution is 0.102. The van der Waals surface area contributed by atoms with Gasteiger partial charge < -0.3 is 5.32 Å². The van der Waals surface area contributed by atoms with Crippen molar-refractivity contribution in [2.75, 3.05) is 5.32 Å². The van der Waals surface area contributed by atoms with Crippen LogP contribution in [0, 0.1) is 6.92 Å². The maximum Gasteiger partial charge on any atom is 0.256 e. The Bertz CT molecular complexity index is 1470. The predicted octanol–water partition coefficient (Wildman–Crippen LogP) is 5.09. The van der Waals surface area contributed by atoms with E-state index < -0.39 is 0 Å². The van der Waals surface area contributed by atoms with E-state index in [4.69, 9.17) is 4.98 Å². The Morgan fingerprint density at radius 2 is 1.37 bits per heavy atom. The van der Waals surface area contributed by atoms with Crippen molar-refractivity contribution in [3.8, 4) is 11.4 Å². The second-order valence-corrected chi connectivity index (χ2v) is 8.85. The summed E-state index contributed by atoms with van der Waals surface area (Å²) in [6.45, 7) is 3.77. The molecule has 1 N–H and O–H groups in total. The van der Waals surface area contributed by atoms with Crippen LogP contribution in [0.1, 0.15) is 33.1 Å². The minimum atomic E-state index is -0.259. The number of nitrogens with zero attached hydrogens (tertiary/aromatic N) is 6. The highest BCUT2D eigenvalue weighted by atomic mass is 16.1. The quantitative estimate of drug-likeness (QED) is 0.300. The molecule has 0 aliphatic rings. The average molecular weight is 502 g/mol. The van der Waals surface area contributed by atoms with Crippen LogP contribution in [-0.4, -0.2) is 35.7 Å². The van der Waals surface area contributed by atoms with Crippen LogP contribution in [0.25, 0.3) is 11.4 Å². The molecule has 8 nitrogen and oxygen atoms in total. The number of carbonyl (C=O) groups is 1. The molecule has 0 aliphatic heterocycles. The lowest BCUT2D eigenvalue weighted by atomic mass is 10.1. The van der Waals surface area contributed by atoms with Crippen LogP contribution in [-0.2, 0) is 19.6 Å². The molecule has 0 saturated carbocycles. The van der Waals surface area contributed by atoms with Crippen molar-refractivity contribution in [1.29, 1.82) is 0 Å². The van der Waals surface area contributed by atoms with Crippen molar-refractivity contribution in [1.82, 2.24) is 29.8 Å². The summed E-state index contributed by atoms with van der Waals surface area (Å²) < 4.78 is 0. The van der Waals surface area contributed by atoms with E-state index >= 15 is 0 Å². The average Bonchev–Trinajstić information content (AvgIpc) is 2.94. The predicted molar refractivity (Wildman–Crippen MR) is 146 cm³/mol. The van der Waals surface area contributed by atoms with Gasteiger partial charge in [0.1, 0.15) is 5.82 Å². The van der Waals surface area contributed by atoms with Gasteiger partial charge in [-0.1, -0.05) is 24.3 Å². The first-order valence-corrected chi connectivity index (χ1v) is 12.3. The van der Waals surface area contributed by atoms with Crippen LogP contribution < -0.4 is 5.32 Å². The van der Waals surface area contributed by atoms with Crippen LogP contribution in [0.5, 0.6) is 0 Å². The zero-order chi connectivity index (χ0) is 26.2. The van der Waals surface area contributed by atoms with Crippen molar-refractivity contribution in [3.63, 3.8) is 0 Å².